The number of thiophene rings is 1. The summed E-state index contributed by atoms with van der Waals surface area (Å²) in [6.07, 6.45) is 5.38. The van der Waals surface area contributed by atoms with Crippen LogP contribution < -0.4 is 30.2 Å². The number of fused-ring (bicyclic) bond motifs is 1. The summed E-state index contributed by atoms with van der Waals surface area (Å²) in [5.41, 5.74) is 3.68. The average Bonchev–Trinajstić information content (AvgIpc) is 3.56. The molecule has 0 aliphatic heterocycles. The number of hydrogen-bond acceptors (Lipinski definition) is 9. The number of carbonyl (C=O) groups is 3. The maximum Gasteiger partial charge on any atom is 0.272 e. The molecule has 1 aliphatic rings. The highest BCUT2D eigenvalue weighted by atomic mass is 32.2. The van der Waals surface area contributed by atoms with Gasteiger partial charge in [0.15, 0.2) is 11.5 Å². The van der Waals surface area contributed by atoms with Gasteiger partial charge in [0, 0.05) is 21.0 Å². The molecule has 1 aliphatic carbocycles. The Labute approximate surface area is 322 Å². The molecule has 12 heteroatoms. The lowest BCUT2D eigenvalue weighted by atomic mass is 9.96. The van der Waals surface area contributed by atoms with Gasteiger partial charge in [0.1, 0.15) is 22.0 Å². The molecule has 1 unspecified atom stereocenters. The van der Waals surface area contributed by atoms with Gasteiger partial charge in [0.05, 0.1) is 26.9 Å². The first kappa shape index (κ1) is 37.7. The fourth-order valence-corrected chi connectivity index (χ4v) is 8.45. The van der Waals surface area contributed by atoms with Crippen molar-refractivity contribution in [3.8, 4) is 23.3 Å². The quantitative estimate of drug-likeness (QED) is 0.0804. The molecule has 5 aromatic rings. The lowest BCUT2D eigenvalue weighted by molar-refractivity contribution is -0.116. The molecule has 54 heavy (non-hydrogen) atoms. The van der Waals surface area contributed by atoms with E-state index in [9.17, 15) is 19.6 Å². The Morgan fingerprint density at radius 2 is 1.52 bits per heavy atom. The molecule has 0 saturated carbocycles. The monoisotopic (exact) mass is 758 g/mol. The van der Waals surface area contributed by atoms with Crippen LogP contribution in [0.4, 0.5) is 10.7 Å². The standard InChI is InChI=1S/C42H38N4O6S2/c1-50-34-22-26(23-35(51-2)37(34)52-3)21-33(45-39(47)28-15-8-5-9-16-28)40(48)44-29-17-12-18-30(24-29)53-38(27-13-6-4-7-14-27)41(49)46-42-32(25-43)31-19-10-11-20-36(31)54-42/h4-9,12-18,21-24,38H,10-11,19-20H2,1-3H3,(H,44,48)(H,45,47)(H,46,49)/b33-21+. The van der Waals surface area contributed by atoms with Crippen molar-refractivity contribution < 1.29 is 28.6 Å². The minimum absolute atomic E-state index is 0.0373. The molecule has 274 valence electrons. The van der Waals surface area contributed by atoms with Crippen LogP contribution in [0.25, 0.3) is 6.08 Å². The summed E-state index contributed by atoms with van der Waals surface area (Å²) < 4.78 is 16.4. The molecule has 1 heterocycles. The van der Waals surface area contributed by atoms with Crippen molar-refractivity contribution in [3.05, 3.63) is 135 Å². The van der Waals surface area contributed by atoms with Crippen molar-refractivity contribution >= 4 is 57.6 Å². The van der Waals surface area contributed by atoms with Crippen LogP contribution >= 0.6 is 23.1 Å². The summed E-state index contributed by atoms with van der Waals surface area (Å²) in [7, 11) is 4.48. The zero-order valence-corrected chi connectivity index (χ0v) is 31.6. The Hall–Kier alpha value is -6.03. The molecule has 0 spiro atoms. The number of nitrogens with one attached hydrogen (secondary N) is 3. The molecule has 1 aromatic heterocycles. The van der Waals surface area contributed by atoms with Crippen LogP contribution in [0.2, 0.25) is 0 Å². The predicted octanol–water partition coefficient (Wildman–Crippen LogP) is 8.41. The van der Waals surface area contributed by atoms with Crippen molar-refractivity contribution in [1.29, 1.82) is 5.26 Å². The fraction of sp³-hybridized carbons (Fsp3) is 0.190. The van der Waals surface area contributed by atoms with Gasteiger partial charge in [-0.05, 0) is 90.9 Å². The third-order valence-corrected chi connectivity index (χ3v) is 11.2. The first-order valence-electron chi connectivity index (χ1n) is 17.2. The highest BCUT2D eigenvalue weighted by molar-refractivity contribution is 8.00. The van der Waals surface area contributed by atoms with E-state index in [2.05, 4.69) is 22.0 Å². The van der Waals surface area contributed by atoms with E-state index in [1.165, 1.54) is 55.4 Å². The topological polar surface area (TPSA) is 139 Å². The van der Waals surface area contributed by atoms with Crippen LogP contribution in [0.1, 0.15) is 55.6 Å². The first-order valence-corrected chi connectivity index (χ1v) is 18.9. The molecule has 0 saturated heterocycles. The Bertz CT molecular complexity index is 2210. The zero-order chi connectivity index (χ0) is 38.0. The Morgan fingerprint density at radius 3 is 2.19 bits per heavy atom. The second-order valence-electron chi connectivity index (χ2n) is 12.2. The smallest absolute Gasteiger partial charge is 0.272 e. The van der Waals surface area contributed by atoms with Gasteiger partial charge in [-0.25, -0.2) is 0 Å². The van der Waals surface area contributed by atoms with Crippen molar-refractivity contribution in [2.45, 2.75) is 35.8 Å². The molecular weight excluding hydrogens is 721 g/mol. The van der Waals surface area contributed by atoms with Crippen LogP contribution in [0.15, 0.2) is 108 Å². The number of benzene rings is 4. The SMILES string of the molecule is COc1cc(/C=C(/NC(=O)c2ccccc2)C(=O)Nc2cccc(SC(C(=O)Nc3sc4c(c3C#N)CCCC4)c3ccccc3)c2)cc(OC)c1OC. The molecule has 3 amide bonds. The number of hydrogen-bond donors (Lipinski definition) is 3. The van der Waals surface area contributed by atoms with E-state index in [4.69, 9.17) is 14.2 Å². The number of carbonyl (C=O) groups excluding carboxylic acids is 3. The van der Waals surface area contributed by atoms with Crippen molar-refractivity contribution in [3.63, 3.8) is 0 Å². The Kier molecular flexibility index (Phi) is 12.3. The van der Waals surface area contributed by atoms with E-state index in [1.54, 1.807) is 60.7 Å². The Balaban J connectivity index is 1.27. The summed E-state index contributed by atoms with van der Waals surface area (Å²) in [6.45, 7) is 0. The Morgan fingerprint density at radius 1 is 0.833 bits per heavy atom. The zero-order valence-electron chi connectivity index (χ0n) is 29.9. The summed E-state index contributed by atoms with van der Waals surface area (Å²) in [5, 5.41) is 18.6. The second kappa shape index (κ2) is 17.7. The van der Waals surface area contributed by atoms with Crippen molar-refractivity contribution in [1.82, 2.24) is 5.32 Å². The van der Waals surface area contributed by atoms with Gasteiger partial charge in [-0.2, -0.15) is 5.26 Å². The van der Waals surface area contributed by atoms with Gasteiger partial charge < -0.3 is 30.2 Å². The van der Waals surface area contributed by atoms with Crippen LogP contribution in [-0.2, 0) is 22.4 Å². The highest BCUT2D eigenvalue weighted by Gasteiger charge is 2.27. The molecule has 3 N–H and O–H groups in total. The van der Waals surface area contributed by atoms with E-state index in [1.807, 2.05) is 36.4 Å². The van der Waals surface area contributed by atoms with Crippen LogP contribution in [0, 0.1) is 11.3 Å². The lowest BCUT2D eigenvalue weighted by Gasteiger charge is -2.18. The predicted molar refractivity (Wildman–Crippen MR) is 212 cm³/mol. The van der Waals surface area contributed by atoms with E-state index in [0.717, 1.165) is 36.8 Å². The molecular formula is C42H38N4O6S2. The fourth-order valence-electron chi connectivity index (χ4n) is 6.13. The lowest BCUT2D eigenvalue weighted by Crippen LogP contribution is -2.30. The van der Waals surface area contributed by atoms with Gasteiger partial charge in [0.2, 0.25) is 11.7 Å². The summed E-state index contributed by atoms with van der Waals surface area (Å²) in [6, 6.07) is 30.8. The summed E-state index contributed by atoms with van der Waals surface area (Å²) >= 11 is 2.81. The van der Waals surface area contributed by atoms with E-state index >= 15 is 0 Å². The number of anilines is 2. The first-order chi connectivity index (χ1) is 26.3. The summed E-state index contributed by atoms with van der Waals surface area (Å²) in [4.78, 5) is 43.1. The van der Waals surface area contributed by atoms with E-state index in [-0.39, 0.29) is 11.6 Å². The number of rotatable bonds is 13. The van der Waals surface area contributed by atoms with E-state index in [0.29, 0.717) is 49.5 Å². The second-order valence-corrected chi connectivity index (χ2v) is 14.5. The van der Waals surface area contributed by atoms with Gasteiger partial charge in [-0.3, -0.25) is 14.4 Å². The molecule has 0 fully saturated rings. The molecule has 1 atom stereocenters. The van der Waals surface area contributed by atoms with Crippen molar-refractivity contribution in [2.24, 2.45) is 0 Å². The number of nitrogens with zero attached hydrogens (tertiary/aromatic N) is 1. The number of aryl methyl sites for hydroxylation is 1. The average molecular weight is 759 g/mol. The number of ether oxygens (including phenoxy) is 3. The third kappa shape index (κ3) is 8.77. The number of methoxy groups -OCH3 is 3. The van der Waals surface area contributed by atoms with Crippen LogP contribution in [0.3, 0.4) is 0 Å². The van der Waals surface area contributed by atoms with E-state index < -0.39 is 17.1 Å². The van der Waals surface area contributed by atoms with Gasteiger partial charge in [0.25, 0.3) is 11.8 Å². The van der Waals surface area contributed by atoms with Gasteiger partial charge in [-0.1, -0.05) is 54.6 Å². The normalized spacial score (nSPS) is 12.7. The number of amides is 3. The van der Waals surface area contributed by atoms with Crippen LogP contribution in [0.5, 0.6) is 17.2 Å². The molecule has 10 nitrogen and oxygen atoms in total. The highest BCUT2D eigenvalue weighted by Crippen LogP contribution is 2.42. The third-order valence-electron chi connectivity index (χ3n) is 8.73. The van der Waals surface area contributed by atoms with Crippen molar-refractivity contribution in [2.75, 3.05) is 32.0 Å². The molecule has 0 bridgehead atoms. The minimum atomic E-state index is -0.663. The van der Waals surface area contributed by atoms with Gasteiger partial charge in [-0.15, -0.1) is 23.1 Å². The number of thioether (sulfide) groups is 1. The maximum atomic E-state index is 14.0. The number of nitriles is 1. The van der Waals surface area contributed by atoms with Crippen LogP contribution in [-0.4, -0.2) is 39.1 Å². The minimum Gasteiger partial charge on any atom is -0.493 e. The summed E-state index contributed by atoms with van der Waals surface area (Å²) in [5.74, 6) is -0.180. The molecule has 6 rings (SSSR count). The molecule has 0 radical (unpaired) electrons. The largest absolute Gasteiger partial charge is 0.493 e. The van der Waals surface area contributed by atoms with Gasteiger partial charge >= 0.3 is 0 Å². The maximum absolute atomic E-state index is 14.0. The molecule has 4 aromatic carbocycles.